The van der Waals surface area contributed by atoms with E-state index in [4.69, 9.17) is 4.42 Å². The summed E-state index contributed by atoms with van der Waals surface area (Å²) in [6.45, 7) is 0. The van der Waals surface area contributed by atoms with E-state index in [1.807, 2.05) is 0 Å². The largest absolute Gasteiger partial charge is 0.469 e. The van der Waals surface area contributed by atoms with E-state index in [9.17, 15) is 17.6 Å². The van der Waals surface area contributed by atoms with Crippen molar-refractivity contribution in [3.8, 4) is 0 Å². The number of hydrogen-bond donors (Lipinski definition) is 2. The van der Waals surface area contributed by atoms with Crippen LogP contribution in [0.2, 0.25) is 0 Å². The van der Waals surface area contributed by atoms with Gasteiger partial charge in [-0.25, -0.2) is 12.8 Å². The summed E-state index contributed by atoms with van der Waals surface area (Å²) in [4.78, 5) is 11.9. The average molecular weight is 388 g/mol. The van der Waals surface area contributed by atoms with E-state index in [0.717, 1.165) is 11.8 Å². The Morgan fingerprint density at radius 3 is 2.44 bits per heavy atom. The molecule has 140 valence electrons. The van der Waals surface area contributed by atoms with Crippen LogP contribution in [0.3, 0.4) is 0 Å². The van der Waals surface area contributed by atoms with Gasteiger partial charge in [0, 0.05) is 18.5 Å². The first kappa shape index (κ1) is 18.7. The van der Waals surface area contributed by atoms with Crippen LogP contribution in [0.1, 0.15) is 12.2 Å². The Labute approximate surface area is 156 Å². The maximum absolute atomic E-state index is 13.2. The fraction of sp³-hybridized carbons (Fsp3) is 0.105. The zero-order chi connectivity index (χ0) is 19.3. The van der Waals surface area contributed by atoms with Gasteiger partial charge in [-0.1, -0.05) is 6.07 Å². The van der Waals surface area contributed by atoms with Crippen molar-refractivity contribution in [2.45, 2.75) is 17.7 Å². The molecule has 0 aliphatic heterocycles. The fourth-order valence-electron chi connectivity index (χ4n) is 2.40. The summed E-state index contributed by atoms with van der Waals surface area (Å²) < 4.78 is 45.4. The summed E-state index contributed by atoms with van der Waals surface area (Å²) in [5, 5.41) is 2.69. The minimum absolute atomic E-state index is 0.000320. The lowest BCUT2D eigenvalue weighted by Crippen LogP contribution is -2.14. The van der Waals surface area contributed by atoms with Gasteiger partial charge in [0.2, 0.25) is 5.91 Å². The molecule has 2 N–H and O–H groups in total. The highest BCUT2D eigenvalue weighted by Crippen LogP contribution is 2.19. The maximum atomic E-state index is 13.2. The van der Waals surface area contributed by atoms with E-state index in [2.05, 4.69) is 10.0 Å². The number of amides is 1. The van der Waals surface area contributed by atoms with Crippen LogP contribution in [0.15, 0.2) is 76.2 Å². The van der Waals surface area contributed by atoms with Gasteiger partial charge in [-0.05, 0) is 54.6 Å². The number of benzene rings is 2. The van der Waals surface area contributed by atoms with Crippen molar-refractivity contribution in [2.24, 2.45) is 0 Å². The van der Waals surface area contributed by atoms with E-state index in [-0.39, 0.29) is 22.9 Å². The number of hydrogen-bond acceptors (Lipinski definition) is 4. The number of furan rings is 1. The summed E-state index contributed by atoms with van der Waals surface area (Å²) in [7, 11) is -3.86. The number of sulfonamides is 1. The molecule has 0 saturated carbocycles. The lowest BCUT2D eigenvalue weighted by atomic mass is 10.2. The van der Waals surface area contributed by atoms with Crippen LogP contribution in [0, 0.1) is 5.82 Å². The van der Waals surface area contributed by atoms with Gasteiger partial charge in [-0.2, -0.15) is 0 Å². The predicted molar refractivity (Wildman–Crippen MR) is 99.3 cm³/mol. The predicted octanol–water partition coefficient (Wildman–Crippen LogP) is 3.79. The topological polar surface area (TPSA) is 88.4 Å². The van der Waals surface area contributed by atoms with Crippen LogP contribution in [0.4, 0.5) is 15.8 Å². The molecule has 0 bridgehead atoms. The minimum Gasteiger partial charge on any atom is -0.469 e. The van der Waals surface area contributed by atoms with Crippen molar-refractivity contribution >= 4 is 27.3 Å². The van der Waals surface area contributed by atoms with E-state index < -0.39 is 15.8 Å². The van der Waals surface area contributed by atoms with Crippen molar-refractivity contribution in [3.05, 3.63) is 78.5 Å². The molecule has 0 aliphatic rings. The second-order valence-electron chi connectivity index (χ2n) is 5.77. The Kier molecular flexibility index (Phi) is 5.56. The molecule has 1 aromatic heterocycles. The number of anilines is 2. The van der Waals surface area contributed by atoms with Crippen molar-refractivity contribution in [3.63, 3.8) is 0 Å². The smallest absolute Gasteiger partial charge is 0.261 e. The number of carbonyl (C=O) groups excluding carboxylic acids is 1. The van der Waals surface area contributed by atoms with Gasteiger partial charge in [-0.3, -0.25) is 9.52 Å². The van der Waals surface area contributed by atoms with E-state index in [1.54, 1.807) is 18.4 Å². The summed E-state index contributed by atoms with van der Waals surface area (Å²) in [5.41, 5.74) is 0.606. The molecule has 0 radical (unpaired) electrons. The highest BCUT2D eigenvalue weighted by Gasteiger charge is 2.14. The Morgan fingerprint density at radius 1 is 1.00 bits per heavy atom. The van der Waals surface area contributed by atoms with Gasteiger partial charge in [0.15, 0.2) is 0 Å². The third kappa shape index (κ3) is 5.18. The minimum atomic E-state index is -3.86. The normalized spacial score (nSPS) is 11.1. The number of carbonyl (C=O) groups is 1. The third-order valence-electron chi connectivity index (χ3n) is 3.70. The van der Waals surface area contributed by atoms with Crippen molar-refractivity contribution < 1.29 is 22.0 Å². The molecular formula is C19H17FN2O4S. The third-order valence-corrected chi connectivity index (χ3v) is 5.10. The van der Waals surface area contributed by atoms with Crippen LogP contribution < -0.4 is 10.0 Å². The molecule has 0 unspecified atom stereocenters. The Hall–Kier alpha value is -3.13. The lowest BCUT2D eigenvalue weighted by Gasteiger charge is -2.09. The van der Waals surface area contributed by atoms with Gasteiger partial charge >= 0.3 is 0 Å². The summed E-state index contributed by atoms with van der Waals surface area (Å²) in [6.07, 6.45) is 2.27. The Bertz CT molecular complexity index is 1020. The SMILES string of the molecule is O=C(CCc1ccco1)Nc1ccc(S(=O)(=O)Nc2cccc(F)c2)cc1. The first-order valence-corrected chi connectivity index (χ1v) is 9.61. The first-order valence-electron chi connectivity index (χ1n) is 8.13. The second-order valence-corrected chi connectivity index (χ2v) is 7.45. The average Bonchev–Trinajstić information content (AvgIpc) is 3.14. The van der Waals surface area contributed by atoms with Crippen LogP contribution in [-0.2, 0) is 21.2 Å². The lowest BCUT2D eigenvalue weighted by molar-refractivity contribution is -0.116. The Morgan fingerprint density at radius 2 is 1.78 bits per heavy atom. The summed E-state index contributed by atoms with van der Waals surface area (Å²) in [5.74, 6) is -0.0299. The van der Waals surface area contributed by atoms with Crippen LogP contribution in [-0.4, -0.2) is 14.3 Å². The number of rotatable bonds is 7. The van der Waals surface area contributed by atoms with E-state index >= 15 is 0 Å². The highest BCUT2D eigenvalue weighted by molar-refractivity contribution is 7.92. The van der Waals surface area contributed by atoms with Crippen LogP contribution in [0.5, 0.6) is 0 Å². The quantitative estimate of drug-likeness (QED) is 0.645. The molecule has 0 atom stereocenters. The Balaban J connectivity index is 1.61. The van der Waals surface area contributed by atoms with Crippen molar-refractivity contribution in [1.29, 1.82) is 0 Å². The molecule has 2 aromatic carbocycles. The van der Waals surface area contributed by atoms with Crippen molar-refractivity contribution in [2.75, 3.05) is 10.0 Å². The molecule has 0 saturated heterocycles. The summed E-state index contributed by atoms with van der Waals surface area (Å²) in [6, 6.07) is 14.4. The van der Waals surface area contributed by atoms with Gasteiger partial charge in [0.05, 0.1) is 16.8 Å². The van der Waals surface area contributed by atoms with Gasteiger partial charge in [0.1, 0.15) is 11.6 Å². The molecule has 3 rings (SSSR count). The van der Waals surface area contributed by atoms with Gasteiger partial charge in [0.25, 0.3) is 10.0 Å². The first-order chi connectivity index (χ1) is 12.9. The summed E-state index contributed by atoms with van der Waals surface area (Å²) >= 11 is 0. The second kappa shape index (κ2) is 8.05. The maximum Gasteiger partial charge on any atom is 0.261 e. The molecule has 8 heteroatoms. The molecule has 27 heavy (non-hydrogen) atoms. The molecule has 1 amide bonds. The standard InChI is InChI=1S/C19H17FN2O4S/c20-14-3-1-4-16(13-14)22-27(24,25)18-9-6-15(7-10-18)21-19(23)11-8-17-5-2-12-26-17/h1-7,9-10,12-13,22H,8,11H2,(H,21,23). The highest BCUT2D eigenvalue weighted by atomic mass is 32.2. The molecule has 1 heterocycles. The molecule has 0 spiro atoms. The number of halogens is 1. The van der Waals surface area contributed by atoms with Crippen molar-refractivity contribution in [1.82, 2.24) is 0 Å². The zero-order valence-electron chi connectivity index (χ0n) is 14.2. The monoisotopic (exact) mass is 388 g/mol. The van der Waals surface area contributed by atoms with Crippen LogP contribution in [0.25, 0.3) is 0 Å². The van der Waals surface area contributed by atoms with Crippen LogP contribution >= 0.6 is 0 Å². The number of nitrogens with one attached hydrogen (secondary N) is 2. The molecule has 0 aliphatic carbocycles. The molecule has 0 fully saturated rings. The van der Waals surface area contributed by atoms with E-state index in [0.29, 0.717) is 12.1 Å². The fourth-order valence-corrected chi connectivity index (χ4v) is 3.45. The molecule has 3 aromatic rings. The van der Waals surface area contributed by atoms with Gasteiger partial charge in [-0.15, -0.1) is 0 Å². The zero-order valence-corrected chi connectivity index (χ0v) is 15.0. The molecule has 6 nitrogen and oxygen atoms in total. The molecular weight excluding hydrogens is 371 g/mol. The van der Waals surface area contributed by atoms with E-state index in [1.165, 1.54) is 42.5 Å². The number of aryl methyl sites for hydroxylation is 1. The van der Waals surface area contributed by atoms with Gasteiger partial charge < -0.3 is 9.73 Å².